The van der Waals surface area contributed by atoms with Crippen LogP contribution < -0.4 is 19.7 Å². The van der Waals surface area contributed by atoms with Crippen LogP contribution in [0.25, 0.3) is 0 Å². The number of hydrogen-bond acceptors (Lipinski definition) is 4. The summed E-state index contributed by atoms with van der Waals surface area (Å²) in [6.45, 7) is 5.64. The molecule has 0 bridgehead atoms. The van der Waals surface area contributed by atoms with Crippen molar-refractivity contribution in [1.82, 2.24) is 4.90 Å². The maximum atomic E-state index is 12.4. The average molecular weight is 355 g/mol. The molecule has 3 rings (SSSR count). The zero-order valence-electron chi connectivity index (χ0n) is 15.3. The summed E-state index contributed by atoms with van der Waals surface area (Å²) in [5, 5.41) is 2.94. The average Bonchev–Trinajstić information content (AvgIpc) is 2.69. The lowest BCUT2D eigenvalue weighted by molar-refractivity contribution is 0.208. The Labute approximate surface area is 154 Å². The van der Waals surface area contributed by atoms with Crippen molar-refractivity contribution in [2.75, 3.05) is 50.1 Å². The SMILES string of the molecule is CCOc1ccc(N2CCN(C(=O)Nc3ccc(OC)cc3)CC2)cc1. The molecule has 6 heteroatoms. The Morgan fingerprint density at radius 1 is 0.962 bits per heavy atom. The molecule has 2 amide bonds. The predicted octanol–water partition coefficient (Wildman–Crippen LogP) is 3.45. The Balaban J connectivity index is 1.51. The van der Waals surface area contributed by atoms with Gasteiger partial charge in [-0.3, -0.25) is 0 Å². The van der Waals surface area contributed by atoms with Crippen LogP contribution in [0.5, 0.6) is 11.5 Å². The monoisotopic (exact) mass is 355 g/mol. The molecule has 0 aromatic heterocycles. The molecule has 0 saturated carbocycles. The van der Waals surface area contributed by atoms with Crippen molar-refractivity contribution in [3.8, 4) is 11.5 Å². The molecule has 0 radical (unpaired) electrons. The molecule has 2 aromatic rings. The van der Waals surface area contributed by atoms with Crippen molar-refractivity contribution >= 4 is 17.4 Å². The van der Waals surface area contributed by atoms with Gasteiger partial charge in [0.25, 0.3) is 0 Å². The zero-order chi connectivity index (χ0) is 18.4. The van der Waals surface area contributed by atoms with Crippen LogP contribution in [0.3, 0.4) is 0 Å². The highest BCUT2D eigenvalue weighted by Gasteiger charge is 2.21. The van der Waals surface area contributed by atoms with E-state index in [4.69, 9.17) is 9.47 Å². The molecule has 1 aliphatic rings. The molecule has 0 unspecified atom stereocenters. The summed E-state index contributed by atoms with van der Waals surface area (Å²) in [5.74, 6) is 1.65. The maximum absolute atomic E-state index is 12.4. The second-order valence-electron chi connectivity index (χ2n) is 6.06. The molecule has 26 heavy (non-hydrogen) atoms. The Kier molecular flexibility index (Phi) is 5.84. The number of anilines is 2. The molecule has 2 aromatic carbocycles. The first-order valence-electron chi connectivity index (χ1n) is 8.87. The summed E-state index contributed by atoms with van der Waals surface area (Å²) < 4.78 is 10.6. The van der Waals surface area contributed by atoms with E-state index >= 15 is 0 Å². The van der Waals surface area contributed by atoms with Gasteiger partial charge in [0.15, 0.2) is 0 Å². The number of carbonyl (C=O) groups excluding carboxylic acids is 1. The largest absolute Gasteiger partial charge is 0.497 e. The van der Waals surface area contributed by atoms with Crippen LogP contribution in [-0.4, -0.2) is 50.8 Å². The highest BCUT2D eigenvalue weighted by atomic mass is 16.5. The summed E-state index contributed by atoms with van der Waals surface area (Å²) in [5.41, 5.74) is 1.92. The zero-order valence-corrected chi connectivity index (χ0v) is 15.3. The van der Waals surface area contributed by atoms with Gasteiger partial charge in [0.1, 0.15) is 11.5 Å². The summed E-state index contributed by atoms with van der Waals surface area (Å²) >= 11 is 0. The molecular formula is C20H25N3O3. The molecule has 6 nitrogen and oxygen atoms in total. The minimum absolute atomic E-state index is 0.0680. The molecule has 1 N–H and O–H groups in total. The fourth-order valence-electron chi connectivity index (χ4n) is 2.96. The maximum Gasteiger partial charge on any atom is 0.321 e. The molecule has 0 aliphatic carbocycles. The number of amides is 2. The van der Waals surface area contributed by atoms with Crippen LogP contribution in [0.15, 0.2) is 48.5 Å². The van der Waals surface area contributed by atoms with Gasteiger partial charge in [0, 0.05) is 37.6 Å². The van der Waals surface area contributed by atoms with Crippen LogP contribution in [-0.2, 0) is 0 Å². The van der Waals surface area contributed by atoms with Gasteiger partial charge in [-0.1, -0.05) is 0 Å². The van der Waals surface area contributed by atoms with Crippen molar-refractivity contribution in [2.45, 2.75) is 6.92 Å². The van der Waals surface area contributed by atoms with Gasteiger partial charge >= 0.3 is 6.03 Å². The summed E-state index contributed by atoms with van der Waals surface area (Å²) in [4.78, 5) is 16.6. The predicted molar refractivity (Wildman–Crippen MR) is 103 cm³/mol. The first-order valence-corrected chi connectivity index (χ1v) is 8.87. The molecule has 0 atom stereocenters. The van der Waals surface area contributed by atoms with Gasteiger partial charge < -0.3 is 24.6 Å². The lowest BCUT2D eigenvalue weighted by Gasteiger charge is -2.36. The summed E-state index contributed by atoms with van der Waals surface area (Å²) in [7, 11) is 1.62. The number of rotatable bonds is 5. The number of methoxy groups -OCH3 is 1. The Morgan fingerprint density at radius 3 is 2.15 bits per heavy atom. The van der Waals surface area contributed by atoms with Gasteiger partial charge in [-0.15, -0.1) is 0 Å². The van der Waals surface area contributed by atoms with E-state index in [1.807, 2.05) is 48.2 Å². The van der Waals surface area contributed by atoms with Crippen molar-refractivity contribution in [1.29, 1.82) is 0 Å². The van der Waals surface area contributed by atoms with Crippen LogP contribution in [0.2, 0.25) is 0 Å². The van der Waals surface area contributed by atoms with Crippen molar-refractivity contribution in [3.05, 3.63) is 48.5 Å². The lowest BCUT2D eigenvalue weighted by atomic mass is 10.2. The number of benzene rings is 2. The van der Waals surface area contributed by atoms with E-state index in [9.17, 15) is 4.79 Å². The fraction of sp³-hybridized carbons (Fsp3) is 0.350. The van der Waals surface area contributed by atoms with Gasteiger partial charge in [-0.25, -0.2) is 4.79 Å². The third-order valence-corrected chi connectivity index (χ3v) is 4.42. The Bertz CT molecular complexity index is 708. The molecule has 0 spiro atoms. The van der Waals surface area contributed by atoms with Crippen LogP contribution in [0.1, 0.15) is 6.92 Å². The topological polar surface area (TPSA) is 54.0 Å². The van der Waals surface area contributed by atoms with Crippen molar-refractivity contribution < 1.29 is 14.3 Å². The third-order valence-electron chi connectivity index (χ3n) is 4.42. The third kappa shape index (κ3) is 4.39. The van der Waals surface area contributed by atoms with E-state index in [0.717, 1.165) is 36.0 Å². The van der Waals surface area contributed by atoms with Crippen LogP contribution in [0, 0.1) is 0 Å². The summed E-state index contributed by atoms with van der Waals surface area (Å²) in [6.07, 6.45) is 0. The van der Waals surface area contributed by atoms with E-state index in [1.54, 1.807) is 7.11 Å². The number of nitrogens with one attached hydrogen (secondary N) is 1. The standard InChI is InChI=1S/C20H25N3O3/c1-3-26-19-10-6-17(7-11-19)22-12-14-23(15-13-22)20(24)21-16-4-8-18(25-2)9-5-16/h4-11H,3,12-15H2,1-2H3,(H,21,24). The molecule has 1 saturated heterocycles. The van der Waals surface area contributed by atoms with Gasteiger partial charge in [0.2, 0.25) is 0 Å². The van der Waals surface area contributed by atoms with Crippen LogP contribution >= 0.6 is 0 Å². The first-order chi connectivity index (χ1) is 12.7. The van der Waals surface area contributed by atoms with E-state index in [2.05, 4.69) is 22.3 Å². The molecule has 138 valence electrons. The van der Waals surface area contributed by atoms with E-state index in [-0.39, 0.29) is 6.03 Å². The lowest BCUT2D eigenvalue weighted by Crippen LogP contribution is -2.50. The second-order valence-corrected chi connectivity index (χ2v) is 6.06. The Hall–Kier alpha value is -2.89. The van der Waals surface area contributed by atoms with E-state index in [1.165, 1.54) is 0 Å². The van der Waals surface area contributed by atoms with E-state index < -0.39 is 0 Å². The van der Waals surface area contributed by atoms with Gasteiger partial charge in [-0.05, 0) is 55.5 Å². The highest BCUT2D eigenvalue weighted by molar-refractivity contribution is 5.89. The molecular weight excluding hydrogens is 330 g/mol. The van der Waals surface area contributed by atoms with Crippen molar-refractivity contribution in [3.63, 3.8) is 0 Å². The highest BCUT2D eigenvalue weighted by Crippen LogP contribution is 2.21. The van der Waals surface area contributed by atoms with Crippen molar-refractivity contribution in [2.24, 2.45) is 0 Å². The smallest absolute Gasteiger partial charge is 0.321 e. The van der Waals surface area contributed by atoms with Gasteiger partial charge in [0.05, 0.1) is 13.7 Å². The first kappa shape index (κ1) is 17.9. The van der Waals surface area contributed by atoms with Gasteiger partial charge in [-0.2, -0.15) is 0 Å². The van der Waals surface area contributed by atoms with Crippen LogP contribution in [0.4, 0.5) is 16.2 Å². The van der Waals surface area contributed by atoms with E-state index in [0.29, 0.717) is 19.7 Å². The number of ether oxygens (including phenoxy) is 2. The number of urea groups is 1. The molecule has 1 heterocycles. The normalized spacial score (nSPS) is 14.1. The summed E-state index contributed by atoms with van der Waals surface area (Å²) in [6, 6.07) is 15.4. The number of nitrogens with zero attached hydrogens (tertiary/aromatic N) is 2. The molecule has 1 fully saturated rings. The fourth-order valence-corrected chi connectivity index (χ4v) is 2.96. The molecule has 1 aliphatic heterocycles. The Morgan fingerprint density at radius 2 is 1.58 bits per heavy atom. The minimum atomic E-state index is -0.0680. The second kappa shape index (κ2) is 8.47. The quantitative estimate of drug-likeness (QED) is 0.893. The minimum Gasteiger partial charge on any atom is -0.497 e. The number of hydrogen-bond donors (Lipinski definition) is 1. The number of carbonyl (C=O) groups is 1. The number of piperazine rings is 1.